The first-order valence-electron chi connectivity index (χ1n) is 5.04. The van der Waals surface area contributed by atoms with E-state index in [2.05, 4.69) is 0 Å². The van der Waals surface area contributed by atoms with Crippen molar-refractivity contribution in [1.29, 1.82) is 0 Å². The normalized spacial score (nSPS) is 10.3. The van der Waals surface area contributed by atoms with Crippen LogP contribution in [0.15, 0.2) is 52.3 Å². The molecule has 92 valence electrons. The summed E-state index contributed by atoms with van der Waals surface area (Å²) in [7, 11) is 0. The molecule has 2 aromatic rings. The van der Waals surface area contributed by atoms with E-state index in [0.717, 1.165) is 4.90 Å². The van der Waals surface area contributed by atoms with Gasteiger partial charge < -0.3 is 5.73 Å². The van der Waals surface area contributed by atoms with Crippen LogP contribution in [0.3, 0.4) is 0 Å². The van der Waals surface area contributed by atoms with Crippen LogP contribution < -0.4 is 5.73 Å². The molecule has 0 bridgehead atoms. The quantitative estimate of drug-likeness (QED) is 0.524. The van der Waals surface area contributed by atoms with Gasteiger partial charge in [0.25, 0.3) is 5.69 Å². The van der Waals surface area contributed by atoms with Crippen molar-refractivity contribution in [3.05, 3.63) is 57.6 Å². The Morgan fingerprint density at radius 3 is 2.50 bits per heavy atom. The van der Waals surface area contributed by atoms with Crippen molar-refractivity contribution in [3.63, 3.8) is 0 Å². The first-order valence-corrected chi connectivity index (χ1v) is 6.23. The Labute approximate surface area is 113 Å². The van der Waals surface area contributed by atoms with E-state index in [0.29, 0.717) is 10.6 Å². The van der Waals surface area contributed by atoms with Crippen molar-refractivity contribution in [2.45, 2.75) is 9.79 Å². The summed E-state index contributed by atoms with van der Waals surface area (Å²) >= 11 is 7.08. The van der Waals surface area contributed by atoms with Crippen LogP contribution in [0.5, 0.6) is 0 Å². The van der Waals surface area contributed by atoms with E-state index in [9.17, 15) is 10.1 Å². The molecule has 4 nitrogen and oxygen atoms in total. The number of benzene rings is 2. The van der Waals surface area contributed by atoms with Gasteiger partial charge >= 0.3 is 0 Å². The third kappa shape index (κ3) is 2.75. The maximum Gasteiger partial charge on any atom is 0.284 e. The SMILES string of the molecule is Nc1cc(Sc2ccccc2)c([N+](=O)[O-])cc1Cl. The summed E-state index contributed by atoms with van der Waals surface area (Å²) in [5.41, 5.74) is 5.97. The number of anilines is 1. The molecule has 0 aliphatic carbocycles. The fourth-order valence-corrected chi connectivity index (χ4v) is 2.53. The molecular formula is C12H9ClN2O2S. The number of nitrogen functional groups attached to an aromatic ring is 1. The van der Waals surface area contributed by atoms with Gasteiger partial charge in [0.05, 0.1) is 20.5 Å². The van der Waals surface area contributed by atoms with Crippen molar-refractivity contribution < 1.29 is 4.92 Å². The van der Waals surface area contributed by atoms with Crippen molar-refractivity contribution in [3.8, 4) is 0 Å². The molecule has 2 aromatic carbocycles. The van der Waals surface area contributed by atoms with E-state index in [1.165, 1.54) is 23.9 Å². The lowest BCUT2D eigenvalue weighted by atomic mass is 10.3. The second kappa shape index (κ2) is 5.29. The zero-order chi connectivity index (χ0) is 13.1. The van der Waals surface area contributed by atoms with E-state index >= 15 is 0 Å². The molecule has 2 N–H and O–H groups in total. The van der Waals surface area contributed by atoms with Crippen LogP contribution in [0.2, 0.25) is 5.02 Å². The molecule has 0 heterocycles. The van der Waals surface area contributed by atoms with Crippen LogP contribution in [0.25, 0.3) is 0 Å². The van der Waals surface area contributed by atoms with Gasteiger partial charge in [0.2, 0.25) is 0 Å². The zero-order valence-corrected chi connectivity index (χ0v) is 10.7. The monoisotopic (exact) mass is 280 g/mol. The van der Waals surface area contributed by atoms with Gasteiger partial charge in [-0.1, -0.05) is 41.6 Å². The molecule has 2 rings (SSSR count). The predicted molar refractivity (Wildman–Crippen MR) is 73.1 cm³/mol. The summed E-state index contributed by atoms with van der Waals surface area (Å²) in [6.07, 6.45) is 0. The summed E-state index contributed by atoms with van der Waals surface area (Å²) in [4.78, 5) is 11.9. The lowest BCUT2D eigenvalue weighted by Gasteiger charge is -2.05. The Hall–Kier alpha value is -1.72. The second-order valence-electron chi connectivity index (χ2n) is 3.51. The average Bonchev–Trinajstić information content (AvgIpc) is 2.34. The highest BCUT2D eigenvalue weighted by Gasteiger charge is 2.17. The molecule has 0 unspecified atom stereocenters. The number of hydrogen-bond acceptors (Lipinski definition) is 4. The Morgan fingerprint density at radius 2 is 1.89 bits per heavy atom. The van der Waals surface area contributed by atoms with Crippen molar-refractivity contribution >= 4 is 34.7 Å². The molecule has 0 aromatic heterocycles. The van der Waals surface area contributed by atoms with Crippen LogP contribution in [0.4, 0.5) is 11.4 Å². The number of nitro groups is 1. The molecule has 0 atom stereocenters. The molecule has 0 fully saturated rings. The van der Waals surface area contributed by atoms with Gasteiger partial charge in [0, 0.05) is 11.0 Å². The van der Waals surface area contributed by atoms with Crippen molar-refractivity contribution in [2.75, 3.05) is 5.73 Å². The summed E-state index contributed by atoms with van der Waals surface area (Å²) in [6, 6.07) is 12.2. The van der Waals surface area contributed by atoms with Gasteiger partial charge in [-0.3, -0.25) is 10.1 Å². The number of rotatable bonds is 3. The highest BCUT2D eigenvalue weighted by atomic mass is 35.5. The van der Waals surface area contributed by atoms with Crippen LogP contribution in [-0.2, 0) is 0 Å². The molecule has 0 aliphatic rings. The standard InChI is InChI=1S/C12H9ClN2O2S/c13-9-6-11(15(16)17)12(7-10(9)14)18-8-4-2-1-3-5-8/h1-7H,14H2. The lowest BCUT2D eigenvalue weighted by Crippen LogP contribution is -1.94. The van der Waals surface area contributed by atoms with Crippen LogP contribution in [-0.4, -0.2) is 4.92 Å². The third-order valence-electron chi connectivity index (χ3n) is 2.25. The average molecular weight is 281 g/mol. The lowest BCUT2D eigenvalue weighted by molar-refractivity contribution is -0.387. The smallest absolute Gasteiger partial charge is 0.284 e. The van der Waals surface area contributed by atoms with E-state index in [1.807, 2.05) is 30.3 Å². The summed E-state index contributed by atoms with van der Waals surface area (Å²) in [5.74, 6) is 0. The van der Waals surface area contributed by atoms with Crippen LogP contribution >= 0.6 is 23.4 Å². The van der Waals surface area contributed by atoms with Crippen molar-refractivity contribution in [1.82, 2.24) is 0 Å². The zero-order valence-electron chi connectivity index (χ0n) is 9.17. The molecule has 0 saturated carbocycles. The van der Waals surface area contributed by atoms with E-state index in [1.54, 1.807) is 0 Å². The van der Waals surface area contributed by atoms with Gasteiger partial charge in [-0.05, 0) is 18.2 Å². The molecule has 18 heavy (non-hydrogen) atoms. The minimum atomic E-state index is -0.462. The molecule has 0 saturated heterocycles. The molecule has 6 heteroatoms. The molecule has 0 spiro atoms. The number of nitrogens with two attached hydrogens (primary N) is 1. The maximum atomic E-state index is 11.0. The van der Waals surface area contributed by atoms with E-state index in [4.69, 9.17) is 17.3 Å². The van der Waals surface area contributed by atoms with E-state index in [-0.39, 0.29) is 10.7 Å². The second-order valence-corrected chi connectivity index (χ2v) is 5.04. The Kier molecular flexibility index (Phi) is 3.74. The van der Waals surface area contributed by atoms with Crippen molar-refractivity contribution in [2.24, 2.45) is 0 Å². The third-order valence-corrected chi connectivity index (χ3v) is 3.63. The van der Waals surface area contributed by atoms with Crippen LogP contribution in [0, 0.1) is 10.1 Å². The van der Waals surface area contributed by atoms with Gasteiger partial charge in [0.15, 0.2) is 0 Å². The highest BCUT2D eigenvalue weighted by molar-refractivity contribution is 7.99. The minimum Gasteiger partial charge on any atom is -0.397 e. The fraction of sp³-hybridized carbons (Fsp3) is 0. The topological polar surface area (TPSA) is 69.2 Å². The molecule has 0 amide bonds. The van der Waals surface area contributed by atoms with Crippen LogP contribution in [0.1, 0.15) is 0 Å². The first-order chi connectivity index (χ1) is 8.58. The van der Waals surface area contributed by atoms with Gasteiger partial charge in [-0.15, -0.1) is 0 Å². The Balaban J connectivity index is 2.43. The number of halogens is 1. The number of nitro benzene ring substituents is 1. The maximum absolute atomic E-state index is 11.0. The number of nitrogens with zero attached hydrogens (tertiary/aromatic N) is 1. The Morgan fingerprint density at radius 1 is 1.22 bits per heavy atom. The minimum absolute atomic E-state index is 0.0388. The molecule has 0 aliphatic heterocycles. The van der Waals surface area contributed by atoms with Gasteiger partial charge in [-0.2, -0.15) is 0 Å². The number of hydrogen-bond donors (Lipinski definition) is 1. The summed E-state index contributed by atoms with van der Waals surface area (Å²) < 4.78 is 0. The molecular weight excluding hydrogens is 272 g/mol. The summed E-state index contributed by atoms with van der Waals surface area (Å²) in [5, 5.41) is 11.2. The van der Waals surface area contributed by atoms with Gasteiger partial charge in [-0.25, -0.2) is 0 Å². The predicted octanol–water partition coefficient (Wildman–Crippen LogP) is 3.98. The Bertz CT molecular complexity index is 590. The molecule has 0 radical (unpaired) electrons. The fourth-order valence-electron chi connectivity index (χ4n) is 1.40. The van der Waals surface area contributed by atoms with Gasteiger partial charge in [0.1, 0.15) is 0 Å². The highest BCUT2D eigenvalue weighted by Crippen LogP contribution is 2.38. The summed E-state index contributed by atoms with van der Waals surface area (Å²) in [6.45, 7) is 0. The largest absolute Gasteiger partial charge is 0.397 e. The van der Waals surface area contributed by atoms with E-state index < -0.39 is 4.92 Å². The first kappa shape index (κ1) is 12.7.